The summed E-state index contributed by atoms with van der Waals surface area (Å²) in [5.41, 5.74) is 2.55. The number of piperidine rings is 1. The third kappa shape index (κ3) is 3.45. The summed E-state index contributed by atoms with van der Waals surface area (Å²) < 4.78 is 1.02. The molecule has 1 fully saturated rings. The average Bonchev–Trinajstić information content (AvgIpc) is 2.48. The molecule has 1 aliphatic rings. The summed E-state index contributed by atoms with van der Waals surface area (Å²) in [5.74, 6) is 0.864. The topological polar surface area (TPSA) is 12.0 Å². The fourth-order valence-corrected chi connectivity index (χ4v) is 4.03. The molecule has 4 heteroatoms. The Morgan fingerprint density at radius 1 is 1.00 bits per heavy atom. The van der Waals surface area contributed by atoms with E-state index in [9.17, 15) is 0 Å². The highest BCUT2D eigenvalue weighted by Crippen LogP contribution is 2.41. The van der Waals surface area contributed by atoms with Crippen LogP contribution in [0.15, 0.2) is 46.9 Å². The van der Waals surface area contributed by atoms with Crippen LogP contribution in [0.5, 0.6) is 0 Å². The standard InChI is InChI=1S/C17H16BrCl2N/c18-12-3-6-15(17(20)9-12)14-7-8-21-10-16(14)11-1-4-13(19)5-2-11/h1-6,9,14,16,21H,7-8,10H2. The van der Waals surface area contributed by atoms with Crippen LogP contribution in [0, 0.1) is 0 Å². The van der Waals surface area contributed by atoms with Crippen LogP contribution < -0.4 is 5.32 Å². The minimum atomic E-state index is 0.426. The summed E-state index contributed by atoms with van der Waals surface area (Å²) in [4.78, 5) is 0. The first-order chi connectivity index (χ1) is 10.1. The van der Waals surface area contributed by atoms with Gasteiger partial charge in [-0.2, -0.15) is 0 Å². The van der Waals surface area contributed by atoms with Gasteiger partial charge in [-0.1, -0.05) is 57.3 Å². The van der Waals surface area contributed by atoms with Crippen LogP contribution in [-0.2, 0) is 0 Å². The summed E-state index contributed by atoms with van der Waals surface area (Å²) >= 11 is 16.0. The molecule has 2 aromatic rings. The lowest BCUT2D eigenvalue weighted by Gasteiger charge is -2.33. The largest absolute Gasteiger partial charge is 0.316 e. The van der Waals surface area contributed by atoms with Gasteiger partial charge in [-0.15, -0.1) is 0 Å². The van der Waals surface area contributed by atoms with Crippen molar-refractivity contribution in [2.45, 2.75) is 18.3 Å². The first kappa shape index (κ1) is 15.4. The summed E-state index contributed by atoms with van der Waals surface area (Å²) in [5, 5.41) is 5.11. The molecular weight excluding hydrogens is 369 g/mol. The molecule has 2 atom stereocenters. The second-order valence-corrected chi connectivity index (χ2v) is 7.18. The Balaban J connectivity index is 1.96. The van der Waals surface area contributed by atoms with Crippen LogP contribution in [0.3, 0.4) is 0 Å². The number of nitrogens with one attached hydrogen (secondary N) is 1. The van der Waals surface area contributed by atoms with Gasteiger partial charge in [0.1, 0.15) is 0 Å². The number of hydrogen-bond donors (Lipinski definition) is 1. The van der Waals surface area contributed by atoms with Crippen molar-refractivity contribution < 1.29 is 0 Å². The fraction of sp³-hybridized carbons (Fsp3) is 0.294. The number of halogens is 3. The van der Waals surface area contributed by atoms with E-state index in [1.165, 1.54) is 11.1 Å². The number of hydrogen-bond acceptors (Lipinski definition) is 1. The zero-order chi connectivity index (χ0) is 14.8. The SMILES string of the molecule is Clc1ccc(C2CNCCC2c2ccc(Br)cc2Cl)cc1. The first-order valence-corrected chi connectivity index (χ1v) is 8.61. The van der Waals surface area contributed by atoms with E-state index in [1.54, 1.807) is 0 Å². The molecule has 1 nitrogen and oxygen atoms in total. The minimum Gasteiger partial charge on any atom is -0.316 e. The second kappa shape index (κ2) is 6.70. The Labute approximate surface area is 143 Å². The Kier molecular flexibility index (Phi) is 4.90. The number of rotatable bonds is 2. The predicted molar refractivity (Wildman–Crippen MR) is 93.6 cm³/mol. The maximum absolute atomic E-state index is 6.47. The van der Waals surface area contributed by atoms with E-state index in [2.05, 4.69) is 45.5 Å². The van der Waals surface area contributed by atoms with Gasteiger partial charge in [0, 0.05) is 27.0 Å². The molecule has 0 saturated carbocycles. The van der Waals surface area contributed by atoms with Gasteiger partial charge in [0.25, 0.3) is 0 Å². The molecule has 0 bridgehead atoms. The van der Waals surface area contributed by atoms with Crippen LogP contribution in [-0.4, -0.2) is 13.1 Å². The quantitative estimate of drug-likeness (QED) is 0.708. The molecule has 1 aliphatic heterocycles. The van der Waals surface area contributed by atoms with Crippen LogP contribution in [0.1, 0.15) is 29.4 Å². The molecule has 0 aliphatic carbocycles. The van der Waals surface area contributed by atoms with Crippen LogP contribution >= 0.6 is 39.1 Å². The van der Waals surface area contributed by atoms with Crippen LogP contribution in [0.4, 0.5) is 0 Å². The lowest BCUT2D eigenvalue weighted by Crippen LogP contribution is -2.34. The fourth-order valence-electron chi connectivity index (χ4n) is 3.09. The molecule has 21 heavy (non-hydrogen) atoms. The highest BCUT2D eigenvalue weighted by atomic mass is 79.9. The number of benzene rings is 2. The lowest BCUT2D eigenvalue weighted by molar-refractivity contribution is 0.404. The van der Waals surface area contributed by atoms with Crippen molar-refractivity contribution in [3.8, 4) is 0 Å². The van der Waals surface area contributed by atoms with Crippen molar-refractivity contribution in [3.63, 3.8) is 0 Å². The highest BCUT2D eigenvalue weighted by Gasteiger charge is 2.29. The first-order valence-electron chi connectivity index (χ1n) is 7.06. The van der Waals surface area contributed by atoms with Gasteiger partial charge >= 0.3 is 0 Å². The monoisotopic (exact) mass is 383 g/mol. The maximum Gasteiger partial charge on any atom is 0.0452 e. The zero-order valence-electron chi connectivity index (χ0n) is 11.5. The van der Waals surface area contributed by atoms with E-state index >= 15 is 0 Å². The summed E-state index contributed by atoms with van der Waals surface area (Å²) in [7, 11) is 0. The van der Waals surface area contributed by atoms with E-state index in [-0.39, 0.29) is 0 Å². The van der Waals surface area contributed by atoms with E-state index in [1.807, 2.05) is 18.2 Å². The zero-order valence-corrected chi connectivity index (χ0v) is 14.5. The van der Waals surface area contributed by atoms with Gasteiger partial charge in [-0.3, -0.25) is 0 Å². The molecule has 1 N–H and O–H groups in total. The summed E-state index contributed by atoms with van der Waals surface area (Å²) in [6.45, 7) is 2.00. The van der Waals surface area contributed by atoms with Gasteiger partial charge in [0.05, 0.1) is 0 Å². The van der Waals surface area contributed by atoms with Gasteiger partial charge in [0.2, 0.25) is 0 Å². The van der Waals surface area contributed by atoms with E-state index < -0.39 is 0 Å². The van der Waals surface area contributed by atoms with Gasteiger partial charge in [0.15, 0.2) is 0 Å². The molecule has 2 unspecified atom stereocenters. The molecular formula is C17H16BrCl2N. The van der Waals surface area contributed by atoms with Crippen LogP contribution in [0.2, 0.25) is 10.0 Å². The van der Waals surface area contributed by atoms with Crippen LogP contribution in [0.25, 0.3) is 0 Å². The molecule has 110 valence electrons. The molecule has 1 saturated heterocycles. The molecule has 0 amide bonds. The Hall–Kier alpha value is -0.540. The van der Waals surface area contributed by atoms with Gasteiger partial charge in [-0.25, -0.2) is 0 Å². The summed E-state index contributed by atoms with van der Waals surface area (Å²) in [6.07, 6.45) is 1.09. The maximum atomic E-state index is 6.47. The average molecular weight is 385 g/mol. The van der Waals surface area contributed by atoms with Gasteiger partial charge < -0.3 is 5.32 Å². The third-order valence-electron chi connectivity index (χ3n) is 4.14. The normalized spacial score (nSPS) is 22.2. The van der Waals surface area contributed by atoms with Crippen molar-refractivity contribution >= 4 is 39.1 Å². The minimum absolute atomic E-state index is 0.426. The van der Waals surface area contributed by atoms with E-state index in [0.717, 1.165) is 34.0 Å². The van der Waals surface area contributed by atoms with Crippen molar-refractivity contribution in [3.05, 3.63) is 68.1 Å². The van der Waals surface area contributed by atoms with E-state index in [4.69, 9.17) is 23.2 Å². The second-order valence-electron chi connectivity index (χ2n) is 5.42. The van der Waals surface area contributed by atoms with Crippen molar-refractivity contribution in [1.82, 2.24) is 5.32 Å². The molecule has 0 spiro atoms. The Morgan fingerprint density at radius 2 is 1.76 bits per heavy atom. The van der Waals surface area contributed by atoms with Gasteiger partial charge in [-0.05, 0) is 54.3 Å². The molecule has 2 aromatic carbocycles. The summed E-state index contributed by atoms with van der Waals surface area (Å²) in [6, 6.07) is 14.4. The molecule has 0 aromatic heterocycles. The molecule has 1 heterocycles. The molecule has 3 rings (SSSR count). The third-order valence-corrected chi connectivity index (χ3v) is 5.21. The smallest absolute Gasteiger partial charge is 0.0452 e. The van der Waals surface area contributed by atoms with Crippen molar-refractivity contribution in [1.29, 1.82) is 0 Å². The highest BCUT2D eigenvalue weighted by molar-refractivity contribution is 9.10. The lowest BCUT2D eigenvalue weighted by atomic mass is 9.77. The van der Waals surface area contributed by atoms with Crippen molar-refractivity contribution in [2.24, 2.45) is 0 Å². The Morgan fingerprint density at radius 3 is 2.48 bits per heavy atom. The molecule has 0 radical (unpaired) electrons. The Bertz CT molecular complexity index is 627. The van der Waals surface area contributed by atoms with E-state index in [0.29, 0.717) is 11.8 Å². The van der Waals surface area contributed by atoms with Crippen molar-refractivity contribution in [2.75, 3.05) is 13.1 Å². The predicted octanol–water partition coefficient (Wildman–Crippen LogP) is 5.62.